The van der Waals surface area contributed by atoms with Crippen molar-refractivity contribution in [1.82, 2.24) is 0 Å². The first kappa shape index (κ1) is 22.4. The van der Waals surface area contributed by atoms with Crippen molar-refractivity contribution in [3.63, 3.8) is 0 Å². The predicted molar refractivity (Wildman–Crippen MR) is 132 cm³/mol. The van der Waals surface area contributed by atoms with Crippen LogP contribution in [-0.4, -0.2) is 19.0 Å². The quantitative estimate of drug-likeness (QED) is 0.541. The Bertz CT molecular complexity index is 782. The summed E-state index contributed by atoms with van der Waals surface area (Å²) >= 11 is 0. The number of benzene rings is 2. The van der Waals surface area contributed by atoms with Crippen molar-refractivity contribution in [3.05, 3.63) is 58.7 Å². The first-order valence-corrected chi connectivity index (χ1v) is 11.5. The SMILES string of the molecule is CC(C)c1cccc(C(C)C)c1N1CCN(c2c(C(C)C)cccc2C(C)C)C1=N. The Morgan fingerprint density at radius 1 is 0.567 bits per heavy atom. The smallest absolute Gasteiger partial charge is 0.203 e. The Labute approximate surface area is 183 Å². The number of hydrogen-bond acceptors (Lipinski definition) is 1. The molecule has 0 unspecified atom stereocenters. The number of nitrogens with zero attached hydrogens (tertiary/aromatic N) is 2. The molecule has 1 N–H and O–H groups in total. The van der Waals surface area contributed by atoms with Crippen molar-refractivity contribution in [1.29, 1.82) is 5.41 Å². The summed E-state index contributed by atoms with van der Waals surface area (Å²) in [6.45, 7) is 19.7. The van der Waals surface area contributed by atoms with Crippen molar-refractivity contribution in [3.8, 4) is 0 Å². The fourth-order valence-corrected chi connectivity index (χ4v) is 4.64. The molecule has 162 valence electrons. The van der Waals surface area contributed by atoms with Crippen LogP contribution in [0.15, 0.2) is 36.4 Å². The summed E-state index contributed by atoms with van der Waals surface area (Å²) in [7, 11) is 0. The number of rotatable bonds is 6. The summed E-state index contributed by atoms with van der Waals surface area (Å²) in [5, 5.41) is 9.24. The summed E-state index contributed by atoms with van der Waals surface area (Å²) in [5.74, 6) is 2.31. The average molecular weight is 406 g/mol. The fourth-order valence-electron chi connectivity index (χ4n) is 4.64. The van der Waals surface area contributed by atoms with Gasteiger partial charge in [0.05, 0.1) is 11.4 Å². The Hall–Kier alpha value is -2.29. The largest absolute Gasteiger partial charge is 0.310 e. The maximum Gasteiger partial charge on any atom is 0.203 e. The molecule has 0 atom stereocenters. The topological polar surface area (TPSA) is 30.3 Å². The molecule has 0 aliphatic carbocycles. The number of para-hydroxylation sites is 2. The first-order valence-electron chi connectivity index (χ1n) is 11.5. The van der Waals surface area contributed by atoms with Crippen molar-refractivity contribution in [2.45, 2.75) is 79.1 Å². The van der Waals surface area contributed by atoms with E-state index < -0.39 is 0 Å². The minimum atomic E-state index is 0.426. The highest BCUT2D eigenvalue weighted by Crippen LogP contribution is 2.41. The summed E-state index contributed by atoms with van der Waals surface area (Å²) in [6, 6.07) is 13.3. The maximum atomic E-state index is 9.24. The van der Waals surface area contributed by atoms with Gasteiger partial charge < -0.3 is 9.80 Å². The molecule has 1 aliphatic rings. The van der Waals surface area contributed by atoms with E-state index in [4.69, 9.17) is 0 Å². The molecule has 1 fully saturated rings. The zero-order valence-corrected chi connectivity index (χ0v) is 20.1. The van der Waals surface area contributed by atoms with Crippen LogP contribution in [0, 0.1) is 5.41 Å². The lowest BCUT2D eigenvalue weighted by molar-refractivity contribution is 0.821. The minimum absolute atomic E-state index is 0.426. The van der Waals surface area contributed by atoms with Crippen molar-refractivity contribution >= 4 is 17.3 Å². The second kappa shape index (κ2) is 8.83. The molecular weight excluding hydrogens is 366 g/mol. The molecule has 0 amide bonds. The third-order valence-corrected chi connectivity index (χ3v) is 6.28. The second-order valence-electron chi connectivity index (χ2n) is 9.82. The molecule has 0 spiro atoms. The Morgan fingerprint density at radius 2 is 0.833 bits per heavy atom. The molecule has 30 heavy (non-hydrogen) atoms. The van der Waals surface area contributed by atoms with Gasteiger partial charge in [0.25, 0.3) is 0 Å². The standard InChI is InChI=1S/C27H39N3/c1-17(2)21-11-9-12-22(18(3)4)25(21)29-15-16-30(27(29)28)26-23(19(5)6)13-10-14-24(26)20(7)8/h9-14,17-20,28H,15-16H2,1-8H3. The molecule has 2 aromatic carbocycles. The number of anilines is 2. The highest BCUT2D eigenvalue weighted by Gasteiger charge is 2.33. The van der Waals surface area contributed by atoms with Gasteiger partial charge in [-0.1, -0.05) is 91.8 Å². The van der Waals surface area contributed by atoms with E-state index in [-0.39, 0.29) is 0 Å². The van der Waals surface area contributed by atoms with Gasteiger partial charge in [0.15, 0.2) is 0 Å². The van der Waals surface area contributed by atoms with Crippen LogP contribution >= 0.6 is 0 Å². The lowest BCUT2D eigenvalue weighted by Gasteiger charge is -2.31. The summed E-state index contributed by atoms with van der Waals surface area (Å²) in [5.41, 5.74) is 7.87. The maximum absolute atomic E-state index is 9.24. The molecule has 1 saturated heterocycles. The predicted octanol–water partition coefficient (Wildman–Crippen LogP) is 7.44. The van der Waals surface area contributed by atoms with Gasteiger partial charge in [0, 0.05) is 13.1 Å². The van der Waals surface area contributed by atoms with E-state index in [0.29, 0.717) is 29.6 Å². The van der Waals surface area contributed by atoms with E-state index in [2.05, 4.69) is 102 Å². The lowest BCUT2D eigenvalue weighted by atomic mass is 9.91. The number of nitrogens with one attached hydrogen (secondary N) is 1. The van der Waals surface area contributed by atoms with E-state index in [1.807, 2.05) is 0 Å². The van der Waals surface area contributed by atoms with Crippen LogP contribution < -0.4 is 9.80 Å². The van der Waals surface area contributed by atoms with Crippen LogP contribution in [0.2, 0.25) is 0 Å². The first-order chi connectivity index (χ1) is 14.1. The Balaban J connectivity index is 2.12. The molecular formula is C27H39N3. The Kier molecular flexibility index (Phi) is 6.59. The van der Waals surface area contributed by atoms with Crippen LogP contribution in [0.5, 0.6) is 0 Å². The normalized spacial score (nSPS) is 14.9. The zero-order chi connectivity index (χ0) is 22.2. The van der Waals surface area contributed by atoms with Gasteiger partial charge in [-0.2, -0.15) is 0 Å². The molecule has 0 aromatic heterocycles. The third-order valence-electron chi connectivity index (χ3n) is 6.28. The van der Waals surface area contributed by atoms with Crippen molar-refractivity contribution in [2.24, 2.45) is 0 Å². The minimum Gasteiger partial charge on any atom is -0.310 e. The molecule has 3 rings (SSSR count). The number of guanidine groups is 1. The molecule has 0 radical (unpaired) electrons. The van der Waals surface area contributed by atoms with E-state index in [0.717, 1.165) is 13.1 Å². The van der Waals surface area contributed by atoms with Gasteiger partial charge in [-0.25, -0.2) is 0 Å². The van der Waals surface area contributed by atoms with Crippen molar-refractivity contribution < 1.29 is 0 Å². The molecule has 1 aliphatic heterocycles. The van der Waals surface area contributed by atoms with Crippen LogP contribution in [-0.2, 0) is 0 Å². The van der Waals surface area contributed by atoms with E-state index in [9.17, 15) is 5.41 Å². The summed E-state index contributed by atoms with van der Waals surface area (Å²) in [4.78, 5) is 4.51. The van der Waals surface area contributed by atoms with Crippen LogP contribution in [0.4, 0.5) is 11.4 Å². The van der Waals surface area contributed by atoms with Gasteiger partial charge in [-0.3, -0.25) is 5.41 Å². The highest BCUT2D eigenvalue weighted by atomic mass is 15.4. The van der Waals surface area contributed by atoms with E-state index in [1.54, 1.807) is 0 Å². The molecule has 3 nitrogen and oxygen atoms in total. The monoisotopic (exact) mass is 405 g/mol. The van der Waals surface area contributed by atoms with Gasteiger partial charge in [0.2, 0.25) is 5.96 Å². The molecule has 2 aromatic rings. The number of hydrogen-bond donors (Lipinski definition) is 1. The van der Waals surface area contributed by atoms with Gasteiger partial charge in [0.1, 0.15) is 0 Å². The molecule has 0 bridgehead atoms. The highest BCUT2D eigenvalue weighted by molar-refractivity contribution is 6.09. The molecule has 1 heterocycles. The fraction of sp³-hybridized carbons (Fsp3) is 0.519. The third kappa shape index (κ3) is 3.99. The summed E-state index contributed by atoms with van der Waals surface area (Å²) < 4.78 is 0. The average Bonchev–Trinajstić information content (AvgIpc) is 3.07. The van der Waals surface area contributed by atoms with Crippen LogP contribution in [0.1, 0.15) is 101 Å². The molecule has 0 saturated carbocycles. The van der Waals surface area contributed by atoms with Crippen LogP contribution in [0.25, 0.3) is 0 Å². The van der Waals surface area contributed by atoms with E-state index >= 15 is 0 Å². The second-order valence-corrected chi connectivity index (χ2v) is 9.82. The summed E-state index contributed by atoms with van der Waals surface area (Å²) in [6.07, 6.45) is 0. The van der Waals surface area contributed by atoms with Crippen molar-refractivity contribution in [2.75, 3.05) is 22.9 Å². The zero-order valence-electron chi connectivity index (χ0n) is 20.1. The van der Waals surface area contributed by atoms with Crippen LogP contribution in [0.3, 0.4) is 0 Å². The van der Waals surface area contributed by atoms with Gasteiger partial charge in [-0.15, -0.1) is 0 Å². The molecule has 3 heteroatoms. The van der Waals surface area contributed by atoms with E-state index in [1.165, 1.54) is 33.6 Å². The lowest BCUT2D eigenvalue weighted by Crippen LogP contribution is -2.35. The van der Waals surface area contributed by atoms with Gasteiger partial charge >= 0.3 is 0 Å². The Morgan fingerprint density at radius 3 is 1.07 bits per heavy atom. The van der Waals surface area contributed by atoms with Gasteiger partial charge in [-0.05, 0) is 45.9 Å².